The van der Waals surface area contributed by atoms with E-state index in [-0.39, 0.29) is 37.3 Å². The van der Waals surface area contributed by atoms with Crippen molar-refractivity contribution in [2.24, 2.45) is 23.7 Å². The van der Waals surface area contributed by atoms with Gasteiger partial charge in [-0.2, -0.15) is 0 Å². The van der Waals surface area contributed by atoms with E-state index in [4.69, 9.17) is 23.7 Å². The molecule has 0 saturated carbocycles. The number of hydrogen-bond acceptors (Lipinski definition) is 15. The number of carbonyl (C=O) groups excluding carboxylic acids is 1. The van der Waals surface area contributed by atoms with Gasteiger partial charge in [0.2, 0.25) is 0 Å². The summed E-state index contributed by atoms with van der Waals surface area (Å²) in [5.41, 5.74) is -1.25. The van der Waals surface area contributed by atoms with Gasteiger partial charge in [-0.15, -0.1) is 5.10 Å². The molecule has 6 N–H and O–H groups in total. The zero-order valence-electron chi connectivity index (χ0n) is 42.9. The number of benzene rings is 1. The van der Waals surface area contributed by atoms with E-state index < -0.39 is 95.6 Å². The molecule has 3 aromatic rings. The number of aliphatic hydroxyl groups is 5. The summed E-state index contributed by atoms with van der Waals surface area (Å²) in [6.07, 6.45) is -1.72. The molecule has 384 valence electrons. The van der Waals surface area contributed by atoms with Crippen LogP contribution >= 0.6 is 0 Å². The van der Waals surface area contributed by atoms with Crippen molar-refractivity contribution in [1.82, 2.24) is 29.8 Å². The zero-order chi connectivity index (χ0) is 50.0. The number of H-pyrrole nitrogens is 1. The molecule has 17 heteroatoms. The second kappa shape index (κ2) is 22.1. The van der Waals surface area contributed by atoms with Crippen LogP contribution in [0.5, 0.6) is 0 Å². The van der Waals surface area contributed by atoms with Crippen molar-refractivity contribution in [3.63, 3.8) is 0 Å². The number of likely N-dealkylation sites (N-methyl/N-ethyl adjacent to an activating group) is 2. The molecular formula is C51H84N6O11. The van der Waals surface area contributed by atoms with Gasteiger partial charge in [-0.1, -0.05) is 51.1 Å². The molecule has 1 unspecified atom stereocenters. The number of rotatable bonds is 12. The number of para-hydroxylation sites is 1. The number of ether oxygens (including phenoxy) is 5. The highest BCUT2D eigenvalue weighted by atomic mass is 16.7. The molecule has 1 aromatic carbocycles. The van der Waals surface area contributed by atoms with E-state index in [9.17, 15) is 30.3 Å². The number of aliphatic hydroxyl groups excluding tert-OH is 3. The number of nitrogens with zero attached hydrogens (tertiary/aromatic N) is 5. The summed E-state index contributed by atoms with van der Waals surface area (Å²) in [4.78, 5) is 22.0. The van der Waals surface area contributed by atoms with E-state index >= 15 is 0 Å². The third kappa shape index (κ3) is 11.8. The summed E-state index contributed by atoms with van der Waals surface area (Å²) in [5.74, 6) is -3.07. The standard InChI is InChI=1S/C51H84N6O11/c1-14-41-51(10,63)44(59)33(6)56(12)27-29(2)24-49(8,62)46(31(4)42(32(5)47(61)67-41)40-25-50(9,64-13)45(60)34(7)66-40)68-48-43(58)39(23-30(3)65-48)55(11)21-20-36-28-57(54-53-36)22-19-35-26-52-38-18-16-15-17-37(35)38/h15-18,26,28-34,39-46,48,52,58-60,62-63H,14,19-25,27H2,1-13H3/t29-,30-,31+,32-,33-,34+,39+,40?,41-,42+,43-,44-,45+,46-,48+,49-,50-,51-/m1/s1. The molecule has 3 aliphatic rings. The Labute approximate surface area is 403 Å². The number of fused-ring (bicyclic) bond motifs is 1. The van der Waals surface area contributed by atoms with Crippen molar-refractivity contribution in [2.45, 2.75) is 198 Å². The number of methoxy groups -OCH3 is 1. The minimum absolute atomic E-state index is 0.159. The predicted molar refractivity (Wildman–Crippen MR) is 257 cm³/mol. The lowest BCUT2D eigenvalue weighted by Crippen LogP contribution is -2.62. The van der Waals surface area contributed by atoms with Gasteiger partial charge in [0.1, 0.15) is 30.0 Å². The summed E-state index contributed by atoms with van der Waals surface area (Å²) in [5, 5.41) is 70.1. The van der Waals surface area contributed by atoms with E-state index in [0.717, 1.165) is 17.6 Å². The Morgan fingerprint density at radius 3 is 2.38 bits per heavy atom. The molecule has 3 aliphatic heterocycles. The summed E-state index contributed by atoms with van der Waals surface area (Å²) in [7, 11) is 5.37. The lowest BCUT2D eigenvalue weighted by atomic mass is 9.68. The molecule has 0 amide bonds. The van der Waals surface area contributed by atoms with Crippen LogP contribution in [0.15, 0.2) is 36.7 Å². The zero-order valence-corrected chi connectivity index (χ0v) is 42.9. The maximum absolute atomic E-state index is 14.6. The molecule has 68 heavy (non-hydrogen) atoms. The highest BCUT2D eigenvalue weighted by Gasteiger charge is 2.55. The summed E-state index contributed by atoms with van der Waals surface area (Å²) >= 11 is 0. The average Bonchev–Trinajstić information content (AvgIpc) is 3.93. The minimum atomic E-state index is -1.81. The molecule has 3 saturated heterocycles. The van der Waals surface area contributed by atoms with Crippen LogP contribution in [0.1, 0.15) is 106 Å². The normalized spacial score (nSPS) is 40.8. The highest BCUT2D eigenvalue weighted by Crippen LogP contribution is 2.45. The molecule has 0 radical (unpaired) electrons. The number of aryl methyl sites for hydroxylation is 2. The average molecular weight is 957 g/mol. The van der Waals surface area contributed by atoms with Gasteiger partial charge < -0.3 is 64.0 Å². The molecule has 3 fully saturated rings. The smallest absolute Gasteiger partial charge is 0.309 e. The molecule has 18 atom stereocenters. The van der Waals surface area contributed by atoms with Crippen molar-refractivity contribution in [1.29, 1.82) is 0 Å². The fourth-order valence-electron chi connectivity index (χ4n) is 11.8. The second-order valence-electron chi connectivity index (χ2n) is 21.6. The van der Waals surface area contributed by atoms with Gasteiger partial charge >= 0.3 is 5.97 Å². The number of aromatic nitrogens is 4. The first-order valence-electron chi connectivity index (χ1n) is 25.0. The number of nitrogens with one attached hydrogen (secondary N) is 1. The third-order valence-corrected chi connectivity index (χ3v) is 16.1. The first kappa shape index (κ1) is 54.3. The fourth-order valence-corrected chi connectivity index (χ4v) is 11.8. The molecule has 0 spiro atoms. The monoisotopic (exact) mass is 957 g/mol. The van der Waals surface area contributed by atoms with E-state index in [2.05, 4.69) is 32.3 Å². The van der Waals surface area contributed by atoms with Crippen LogP contribution < -0.4 is 0 Å². The first-order valence-corrected chi connectivity index (χ1v) is 25.0. The van der Waals surface area contributed by atoms with Gasteiger partial charge in [-0.3, -0.25) is 9.48 Å². The number of cyclic esters (lactones) is 1. The van der Waals surface area contributed by atoms with E-state index in [0.29, 0.717) is 32.5 Å². The highest BCUT2D eigenvalue weighted by molar-refractivity contribution is 5.83. The number of esters is 1. The van der Waals surface area contributed by atoms with E-state index in [1.807, 2.05) is 82.8 Å². The Balaban J connectivity index is 1.27. The maximum Gasteiger partial charge on any atom is 0.309 e. The molecular weight excluding hydrogens is 873 g/mol. The van der Waals surface area contributed by atoms with Gasteiger partial charge in [-0.05, 0) is 105 Å². The van der Waals surface area contributed by atoms with Gasteiger partial charge in [-0.25, -0.2) is 0 Å². The molecule has 17 nitrogen and oxygen atoms in total. The quantitative estimate of drug-likeness (QED) is 0.141. The van der Waals surface area contributed by atoms with Crippen LogP contribution in [0.2, 0.25) is 0 Å². The number of hydrogen-bond donors (Lipinski definition) is 6. The third-order valence-electron chi connectivity index (χ3n) is 16.1. The number of carbonyl (C=O) groups is 1. The van der Waals surface area contributed by atoms with Gasteiger partial charge in [0.05, 0.1) is 47.2 Å². The van der Waals surface area contributed by atoms with Crippen molar-refractivity contribution >= 4 is 16.9 Å². The van der Waals surface area contributed by atoms with Crippen molar-refractivity contribution in [3.8, 4) is 0 Å². The van der Waals surface area contributed by atoms with E-state index in [1.54, 1.807) is 34.8 Å². The van der Waals surface area contributed by atoms with Gasteiger partial charge in [0.15, 0.2) is 6.29 Å². The molecule has 2 aromatic heterocycles. The molecule has 0 bridgehead atoms. The Morgan fingerprint density at radius 1 is 0.985 bits per heavy atom. The van der Waals surface area contributed by atoms with Crippen molar-refractivity contribution in [2.75, 3.05) is 34.3 Å². The van der Waals surface area contributed by atoms with Crippen LogP contribution in [0.4, 0.5) is 0 Å². The lowest BCUT2D eigenvalue weighted by Gasteiger charge is -2.51. The Bertz CT molecular complexity index is 2080. The molecule has 5 heterocycles. The molecule has 6 rings (SSSR count). The van der Waals surface area contributed by atoms with Crippen molar-refractivity contribution in [3.05, 3.63) is 47.9 Å². The second-order valence-corrected chi connectivity index (χ2v) is 21.6. The van der Waals surface area contributed by atoms with Crippen LogP contribution in [-0.4, -0.2) is 180 Å². The van der Waals surface area contributed by atoms with Crippen molar-refractivity contribution < 1.29 is 54.0 Å². The Morgan fingerprint density at radius 2 is 1.69 bits per heavy atom. The summed E-state index contributed by atoms with van der Waals surface area (Å²) in [6, 6.07) is 7.32. The Kier molecular flexibility index (Phi) is 17.7. The van der Waals surface area contributed by atoms with Crippen LogP contribution in [0.25, 0.3) is 10.9 Å². The summed E-state index contributed by atoms with van der Waals surface area (Å²) in [6.45, 7) is 19.8. The topological polar surface area (TPSA) is 217 Å². The van der Waals surface area contributed by atoms with Crippen LogP contribution in [0.3, 0.4) is 0 Å². The van der Waals surface area contributed by atoms with Gasteiger partial charge in [0, 0.05) is 80.9 Å². The SMILES string of the molecule is CC[C@H]1OC(=O)[C@H](C)[C@@H](C2C[C@@](C)(OC)[C@@H](O)[C@H](C)O2)[C@H](C)[C@@H](O[C@@H]2O[C@H](C)C[C@H](N(C)CCc3cn(CCc4c[nH]c5ccccc45)nn3)[C@H]2O)[C@](C)(O)C[C@@H](C)CN(C)[C@H](C)[C@@H](O)[C@]1(C)O. The first-order chi connectivity index (χ1) is 31.9. The summed E-state index contributed by atoms with van der Waals surface area (Å²) < 4.78 is 34.1. The largest absolute Gasteiger partial charge is 0.459 e. The minimum Gasteiger partial charge on any atom is -0.459 e. The predicted octanol–water partition coefficient (Wildman–Crippen LogP) is 4.10. The van der Waals surface area contributed by atoms with Gasteiger partial charge in [0.25, 0.3) is 0 Å². The fraction of sp³-hybridized carbons (Fsp3) is 0.784. The van der Waals surface area contributed by atoms with Crippen LogP contribution in [0, 0.1) is 23.7 Å². The van der Waals surface area contributed by atoms with E-state index in [1.165, 1.54) is 17.9 Å². The maximum atomic E-state index is 14.6. The Hall–Kier alpha value is -3.07. The lowest BCUT2D eigenvalue weighted by molar-refractivity contribution is -0.302. The molecule has 0 aliphatic carbocycles. The van der Waals surface area contributed by atoms with Crippen LogP contribution in [-0.2, 0) is 47.9 Å². The number of aromatic amines is 1.